The molecule has 2 aromatic heterocycles. The predicted octanol–water partition coefficient (Wildman–Crippen LogP) is 3.73. The number of carbonyl (C=O) groups is 2. The van der Waals surface area contributed by atoms with Crippen molar-refractivity contribution in [3.05, 3.63) is 65.9 Å². The van der Waals surface area contributed by atoms with E-state index in [2.05, 4.69) is 20.0 Å². The van der Waals surface area contributed by atoms with Gasteiger partial charge in [0.05, 0.1) is 32.0 Å². The Hall–Kier alpha value is -4.18. The third-order valence-electron chi connectivity index (χ3n) is 4.47. The smallest absolute Gasteiger partial charge is 0.339 e. The maximum absolute atomic E-state index is 12.9. The third-order valence-corrected chi connectivity index (χ3v) is 4.47. The van der Waals surface area contributed by atoms with Crippen molar-refractivity contribution in [2.24, 2.45) is 0 Å². The summed E-state index contributed by atoms with van der Waals surface area (Å²) in [6.07, 6.45) is 1.00. The number of benzene rings is 1. The summed E-state index contributed by atoms with van der Waals surface area (Å²) in [6.45, 7) is 2.15. The number of ether oxygens (including phenoxy) is 5. The SMILES string of the molecule is COC[C@@H](C)Oc1cc(C(=O)Nc2ccc(C(=O)OC)cn2)cc(Oc2ccc(OC)cc2)n1. The number of aromatic nitrogens is 2. The first-order valence-electron chi connectivity index (χ1n) is 10.3. The van der Waals surface area contributed by atoms with Gasteiger partial charge in [-0.15, -0.1) is 0 Å². The summed E-state index contributed by atoms with van der Waals surface area (Å²) in [7, 11) is 4.41. The Balaban J connectivity index is 1.83. The molecular formula is C24H25N3O7. The lowest BCUT2D eigenvalue weighted by Crippen LogP contribution is -2.19. The molecule has 0 fully saturated rings. The van der Waals surface area contributed by atoms with Crippen LogP contribution in [0.4, 0.5) is 5.82 Å². The van der Waals surface area contributed by atoms with Crippen LogP contribution in [0.15, 0.2) is 54.7 Å². The van der Waals surface area contributed by atoms with Crippen molar-refractivity contribution in [1.29, 1.82) is 0 Å². The molecule has 3 aromatic rings. The van der Waals surface area contributed by atoms with Crippen molar-refractivity contribution in [3.8, 4) is 23.3 Å². The molecule has 0 saturated heterocycles. The number of esters is 1. The van der Waals surface area contributed by atoms with Crippen LogP contribution in [-0.2, 0) is 9.47 Å². The molecule has 0 saturated carbocycles. The number of methoxy groups -OCH3 is 3. The predicted molar refractivity (Wildman–Crippen MR) is 123 cm³/mol. The van der Waals surface area contributed by atoms with E-state index in [1.807, 2.05) is 6.92 Å². The van der Waals surface area contributed by atoms with Crippen LogP contribution in [0.25, 0.3) is 0 Å². The Bertz CT molecular complexity index is 1120. The number of amides is 1. The van der Waals surface area contributed by atoms with Crippen molar-refractivity contribution < 1.29 is 33.3 Å². The van der Waals surface area contributed by atoms with Crippen molar-refractivity contribution in [3.63, 3.8) is 0 Å². The Morgan fingerprint density at radius 3 is 2.26 bits per heavy atom. The highest BCUT2D eigenvalue weighted by atomic mass is 16.5. The van der Waals surface area contributed by atoms with Gasteiger partial charge in [0.25, 0.3) is 5.91 Å². The second kappa shape index (κ2) is 11.6. The van der Waals surface area contributed by atoms with E-state index in [0.717, 1.165) is 0 Å². The highest BCUT2D eigenvalue weighted by Gasteiger charge is 2.15. The lowest BCUT2D eigenvalue weighted by atomic mass is 10.2. The molecule has 0 spiro atoms. The van der Waals surface area contributed by atoms with Gasteiger partial charge in [0.15, 0.2) is 0 Å². The molecule has 0 aliphatic carbocycles. The lowest BCUT2D eigenvalue weighted by molar-refractivity contribution is 0.0600. The van der Waals surface area contributed by atoms with E-state index in [4.69, 9.17) is 18.9 Å². The minimum Gasteiger partial charge on any atom is -0.497 e. The number of rotatable bonds is 10. The van der Waals surface area contributed by atoms with Crippen LogP contribution in [0.3, 0.4) is 0 Å². The topological polar surface area (TPSA) is 118 Å². The van der Waals surface area contributed by atoms with Gasteiger partial charge >= 0.3 is 5.97 Å². The zero-order chi connectivity index (χ0) is 24.5. The zero-order valence-electron chi connectivity index (χ0n) is 19.2. The van der Waals surface area contributed by atoms with Crippen molar-refractivity contribution in [2.45, 2.75) is 13.0 Å². The number of carbonyl (C=O) groups excluding carboxylic acids is 2. The molecule has 10 heteroatoms. The van der Waals surface area contributed by atoms with Gasteiger partial charge in [0, 0.05) is 25.4 Å². The molecule has 34 heavy (non-hydrogen) atoms. The molecule has 3 rings (SSSR count). The second-order valence-corrected chi connectivity index (χ2v) is 7.07. The molecule has 0 radical (unpaired) electrons. The van der Waals surface area contributed by atoms with Gasteiger partial charge in [-0.05, 0) is 43.3 Å². The first-order chi connectivity index (χ1) is 16.4. The van der Waals surface area contributed by atoms with Crippen molar-refractivity contribution in [1.82, 2.24) is 9.97 Å². The van der Waals surface area contributed by atoms with Crippen LogP contribution < -0.4 is 19.5 Å². The highest BCUT2D eigenvalue weighted by Crippen LogP contribution is 2.26. The highest BCUT2D eigenvalue weighted by molar-refractivity contribution is 6.04. The summed E-state index contributed by atoms with van der Waals surface area (Å²) in [6, 6.07) is 12.9. The van der Waals surface area contributed by atoms with E-state index < -0.39 is 11.9 Å². The van der Waals surface area contributed by atoms with Gasteiger partial charge in [-0.3, -0.25) is 4.79 Å². The number of anilines is 1. The maximum Gasteiger partial charge on any atom is 0.339 e. The number of nitrogens with zero attached hydrogens (tertiary/aromatic N) is 2. The van der Waals surface area contributed by atoms with Crippen LogP contribution in [0.2, 0.25) is 0 Å². The van der Waals surface area contributed by atoms with Crippen LogP contribution >= 0.6 is 0 Å². The van der Waals surface area contributed by atoms with Crippen molar-refractivity contribution >= 4 is 17.7 Å². The summed E-state index contributed by atoms with van der Waals surface area (Å²) in [5, 5.41) is 2.67. The largest absolute Gasteiger partial charge is 0.497 e. The van der Waals surface area contributed by atoms with Gasteiger partial charge < -0.3 is 29.0 Å². The second-order valence-electron chi connectivity index (χ2n) is 7.07. The molecular weight excluding hydrogens is 442 g/mol. The number of nitrogens with one attached hydrogen (secondary N) is 1. The van der Waals surface area contributed by atoms with Crippen molar-refractivity contribution in [2.75, 3.05) is 33.3 Å². The van der Waals surface area contributed by atoms with E-state index >= 15 is 0 Å². The van der Waals surface area contributed by atoms with Gasteiger partial charge in [0.2, 0.25) is 11.8 Å². The van der Waals surface area contributed by atoms with E-state index in [1.54, 1.807) is 38.5 Å². The van der Waals surface area contributed by atoms with Crippen LogP contribution in [0, 0.1) is 0 Å². The molecule has 178 valence electrons. The molecule has 0 aliphatic rings. The molecule has 2 heterocycles. The average molecular weight is 467 g/mol. The average Bonchev–Trinajstić information content (AvgIpc) is 2.84. The number of hydrogen-bond acceptors (Lipinski definition) is 9. The Labute approximate surface area is 196 Å². The normalized spacial score (nSPS) is 11.3. The maximum atomic E-state index is 12.9. The van der Waals surface area contributed by atoms with Gasteiger partial charge in [-0.2, -0.15) is 4.98 Å². The van der Waals surface area contributed by atoms with Crippen LogP contribution in [0.1, 0.15) is 27.6 Å². The van der Waals surface area contributed by atoms with Crippen LogP contribution in [-0.4, -0.2) is 55.9 Å². The summed E-state index contributed by atoms with van der Waals surface area (Å²) in [5.74, 6) is 0.790. The Morgan fingerprint density at radius 2 is 1.65 bits per heavy atom. The molecule has 1 N–H and O–H groups in total. The molecule has 0 unspecified atom stereocenters. The number of hydrogen-bond donors (Lipinski definition) is 1. The fourth-order valence-corrected chi connectivity index (χ4v) is 2.86. The first kappa shape index (κ1) is 24.5. The Kier molecular flexibility index (Phi) is 8.36. The van der Waals surface area contributed by atoms with E-state index in [-0.39, 0.29) is 34.8 Å². The molecule has 1 amide bonds. The summed E-state index contributed by atoms with van der Waals surface area (Å²) in [4.78, 5) is 32.9. The first-order valence-corrected chi connectivity index (χ1v) is 10.3. The van der Waals surface area contributed by atoms with E-state index in [0.29, 0.717) is 18.1 Å². The molecule has 1 aromatic carbocycles. The monoisotopic (exact) mass is 467 g/mol. The third kappa shape index (κ3) is 6.66. The molecule has 0 aliphatic heterocycles. The molecule has 0 bridgehead atoms. The van der Waals surface area contributed by atoms with E-state index in [9.17, 15) is 9.59 Å². The van der Waals surface area contributed by atoms with E-state index in [1.165, 1.54) is 37.6 Å². The standard InChI is InChI=1S/C24H25N3O7/c1-15(14-30-2)33-21-11-17(12-22(27-21)34-19-8-6-18(31-3)7-9-19)23(28)26-20-10-5-16(13-25-20)24(29)32-4/h5-13,15H,14H2,1-4H3,(H,25,26,28)/t15-/m1/s1. The fraction of sp³-hybridized carbons (Fsp3) is 0.250. The quantitative estimate of drug-likeness (QED) is 0.445. The number of pyridine rings is 2. The zero-order valence-corrected chi connectivity index (χ0v) is 19.2. The Morgan fingerprint density at radius 1 is 0.941 bits per heavy atom. The van der Waals surface area contributed by atoms with Gasteiger partial charge in [-0.1, -0.05) is 0 Å². The van der Waals surface area contributed by atoms with Crippen LogP contribution in [0.5, 0.6) is 23.3 Å². The molecule has 10 nitrogen and oxygen atoms in total. The lowest BCUT2D eigenvalue weighted by Gasteiger charge is -2.15. The fourth-order valence-electron chi connectivity index (χ4n) is 2.86. The molecule has 1 atom stereocenters. The van der Waals surface area contributed by atoms with Gasteiger partial charge in [0.1, 0.15) is 23.4 Å². The summed E-state index contributed by atoms with van der Waals surface area (Å²) < 4.78 is 26.5. The minimum absolute atomic E-state index is 0.159. The summed E-state index contributed by atoms with van der Waals surface area (Å²) in [5.41, 5.74) is 0.499. The van der Waals surface area contributed by atoms with Gasteiger partial charge in [-0.25, -0.2) is 9.78 Å². The minimum atomic E-state index is -0.521. The summed E-state index contributed by atoms with van der Waals surface area (Å²) >= 11 is 0.